The molecule has 0 saturated heterocycles. The number of nitrogen functional groups attached to an aromatic ring is 1. The molecule has 0 aliphatic rings. The van der Waals surface area contributed by atoms with Crippen molar-refractivity contribution < 1.29 is 8.42 Å². The highest BCUT2D eigenvalue weighted by Gasteiger charge is 2.19. The van der Waals surface area contributed by atoms with Crippen LogP contribution in [-0.2, 0) is 15.6 Å². The molecular weight excluding hydrogens is 338 g/mol. The van der Waals surface area contributed by atoms with Gasteiger partial charge in [0.2, 0.25) is 0 Å². The Bertz CT molecular complexity index is 754. The quantitative estimate of drug-likeness (QED) is 0.857. The Morgan fingerprint density at radius 3 is 2.45 bits per heavy atom. The van der Waals surface area contributed by atoms with E-state index >= 15 is 0 Å². The average Bonchev–Trinajstić information content (AvgIpc) is 2.35. The van der Waals surface area contributed by atoms with Crippen LogP contribution in [0, 0.1) is 13.8 Å². The Hall–Kier alpha value is -1.33. The summed E-state index contributed by atoms with van der Waals surface area (Å²) < 4.78 is 25.9. The number of nitrogens with two attached hydrogens (primary N) is 1. The molecule has 0 radical (unpaired) electrons. The Morgan fingerprint density at radius 2 is 1.80 bits per heavy atom. The van der Waals surface area contributed by atoms with Gasteiger partial charge in [-0.1, -0.05) is 34.1 Å². The first kappa shape index (κ1) is 15.1. The van der Waals surface area contributed by atoms with Crippen molar-refractivity contribution in [1.82, 2.24) is 0 Å². The fourth-order valence-corrected chi connectivity index (χ4v) is 4.15. The fourth-order valence-electron chi connectivity index (χ4n) is 2.02. The molecule has 3 nitrogen and oxygen atoms in total. The van der Waals surface area contributed by atoms with Crippen molar-refractivity contribution in [3.63, 3.8) is 0 Å². The van der Waals surface area contributed by atoms with Gasteiger partial charge < -0.3 is 5.73 Å². The second-order valence-electron chi connectivity index (χ2n) is 4.87. The van der Waals surface area contributed by atoms with Crippen molar-refractivity contribution in [2.45, 2.75) is 24.5 Å². The van der Waals surface area contributed by atoms with E-state index in [4.69, 9.17) is 5.73 Å². The fraction of sp³-hybridized carbons (Fsp3) is 0.200. The summed E-state index contributed by atoms with van der Waals surface area (Å²) in [5.74, 6) is -0.0869. The highest BCUT2D eigenvalue weighted by Crippen LogP contribution is 2.25. The summed E-state index contributed by atoms with van der Waals surface area (Å²) in [7, 11) is -3.40. The van der Waals surface area contributed by atoms with E-state index in [1.807, 2.05) is 19.1 Å². The zero-order chi connectivity index (χ0) is 14.9. The van der Waals surface area contributed by atoms with Crippen molar-refractivity contribution in [1.29, 1.82) is 0 Å². The minimum absolute atomic E-state index is 0.0869. The molecule has 0 atom stereocenters. The van der Waals surface area contributed by atoms with Crippen LogP contribution in [0.5, 0.6) is 0 Å². The number of anilines is 1. The van der Waals surface area contributed by atoms with Gasteiger partial charge in [-0.25, -0.2) is 8.42 Å². The van der Waals surface area contributed by atoms with Gasteiger partial charge in [0.25, 0.3) is 0 Å². The molecule has 0 spiro atoms. The summed E-state index contributed by atoms with van der Waals surface area (Å²) in [5.41, 5.74) is 8.66. The number of rotatable bonds is 3. The Kier molecular flexibility index (Phi) is 4.20. The minimum Gasteiger partial charge on any atom is -0.398 e. The lowest BCUT2D eigenvalue weighted by atomic mass is 10.2. The van der Waals surface area contributed by atoms with Crippen LogP contribution in [0.25, 0.3) is 0 Å². The topological polar surface area (TPSA) is 60.2 Å². The van der Waals surface area contributed by atoms with Crippen LogP contribution in [0.2, 0.25) is 0 Å². The second-order valence-corrected chi connectivity index (χ2v) is 7.74. The molecule has 0 aliphatic heterocycles. The lowest BCUT2D eigenvalue weighted by Crippen LogP contribution is -2.09. The number of halogens is 1. The first-order chi connectivity index (χ1) is 9.29. The van der Waals surface area contributed by atoms with Gasteiger partial charge in [0.05, 0.1) is 10.6 Å². The van der Waals surface area contributed by atoms with E-state index in [1.54, 1.807) is 31.2 Å². The normalized spacial score (nSPS) is 11.6. The zero-order valence-corrected chi connectivity index (χ0v) is 13.8. The molecule has 0 saturated carbocycles. The Morgan fingerprint density at radius 1 is 1.10 bits per heavy atom. The third-order valence-corrected chi connectivity index (χ3v) is 5.43. The van der Waals surface area contributed by atoms with Crippen LogP contribution in [0.15, 0.2) is 45.8 Å². The maximum atomic E-state index is 12.5. The second kappa shape index (κ2) is 5.58. The number of sulfone groups is 1. The van der Waals surface area contributed by atoms with Gasteiger partial charge in [-0.2, -0.15) is 0 Å². The molecule has 2 N–H and O–H groups in total. The van der Waals surface area contributed by atoms with Crippen molar-refractivity contribution in [3.05, 3.63) is 57.6 Å². The molecule has 2 aromatic rings. The first-order valence-electron chi connectivity index (χ1n) is 6.13. The third-order valence-electron chi connectivity index (χ3n) is 3.13. The van der Waals surface area contributed by atoms with Gasteiger partial charge in [0.1, 0.15) is 0 Å². The van der Waals surface area contributed by atoms with Crippen LogP contribution in [0.1, 0.15) is 16.7 Å². The summed E-state index contributed by atoms with van der Waals surface area (Å²) in [4.78, 5) is 0.375. The minimum atomic E-state index is -3.40. The predicted octanol–water partition coefficient (Wildman–Crippen LogP) is 3.62. The third kappa shape index (κ3) is 3.22. The molecule has 106 valence electrons. The summed E-state index contributed by atoms with van der Waals surface area (Å²) in [6.07, 6.45) is 0. The molecule has 0 unspecified atom stereocenters. The van der Waals surface area contributed by atoms with Crippen molar-refractivity contribution in [2.75, 3.05) is 5.73 Å². The van der Waals surface area contributed by atoms with Gasteiger partial charge in [-0.15, -0.1) is 0 Å². The van der Waals surface area contributed by atoms with E-state index in [9.17, 15) is 8.42 Å². The van der Waals surface area contributed by atoms with E-state index < -0.39 is 9.84 Å². The standard InChI is InChI=1S/C15H16BrNO2S/c1-10-3-4-11(2)15(7-10)20(18,19)9-12-5-6-13(16)8-14(12)17/h3-8H,9,17H2,1-2H3. The van der Waals surface area contributed by atoms with Crippen LogP contribution < -0.4 is 5.73 Å². The molecule has 2 aromatic carbocycles. The molecular formula is C15H16BrNO2S. The van der Waals surface area contributed by atoms with E-state index in [0.29, 0.717) is 16.1 Å². The van der Waals surface area contributed by atoms with E-state index in [-0.39, 0.29) is 5.75 Å². The molecule has 20 heavy (non-hydrogen) atoms. The van der Waals surface area contributed by atoms with Crippen LogP contribution >= 0.6 is 15.9 Å². The molecule has 0 aliphatic carbocycles. The lowest BCUT2D eigenvalue weighted by molar-refractivity contribution is 0.594. The number of benzene rings is 2. The molecule has 2 rings (SSSR count). The molecule has 0 bridgehead atoms. The summed E-state index contributed by atoms with van der Waals surface area (Å²) in [6.45, 7) is 3.68. The lowest BCUT2D eigenvalue weighted by Gasteiger charge is -2.10. The maximum absolute atomic E-state index is 12.5. The average molecular weight is 354 g/mol. The zero-order valence-electron chi connectivity index (χ0n) is 11.4. The molecule has 0 amide bonds. The highest BCUT2D eigenvalue weighted by molar-refractivity contribution is 9.10. The highest BCUT2D eigenvalue weighted by atomic mass is 79.9. The molecule has 0 aromatic heterocycles. The van der Waals surface area contributed by atoms with Crippen LogP contribution in [-0.4, -0.2) is 8.42 Å². The number of hydrogen-bond acceptors (Lipinski definition) is 3. The summed E-state index contributed by atoms with van der Waals surface area (Å²) in [6, 6.07) is 10.7. The molecule has 0 heterocycles. The Labute approximate surface area is 127 Å². The van der Waals surface area contributed by atoms with Gasteiger partial charge in [-0.3, -0.25) is 0 Å². The van der Waals surface area contributed by atoms with Gasteiger partial charge in [0, 0.05) is 10.2 Å². The number of aryl methyl sites for hydroxylation is 2. The Balaban J connectivity index is 2.43. The molecule has 0 fully saturated rings. The molecule has 5 heteroatoms. The largest absolute Gasteiger partial charge is 0.398 e. The maximum Gasteiger partial charge on any atom is 0.182 e. The van der Waals surface area contributed by atoms with Crippen molar-refractivity contribution in [3.8, 4) is 0 Å². The summed E-state index contributed by atoms with van der Waals surface area (Å²) in [5, 5.41) is 0. The van der Waals surface area contributed by atoms with Crippen LogP contribution in [0.3, 0.4) is 0 Å². The van der Waals surface area contributed by atoms with Crippen molar-refractivity contribution >= 4 is 31.5 Å². The predicted molar refractivity (Wildman–Crippen MR) is 85.4 cm³/mol. The SMILES string of the molecule is Cc1ccc(C)c(S(=O)(=O)Cc2ccc(Br)cc2N)c1. The van der Waals surface area contributed by atoms with Crippen LogP contribution in [0.4, 0.5) is 5.69 Å². The monoisotopic (exact) mass is 353 g/mol. The summed E-state index contributed by atoms with van der Waals surface area (Å²) >= 11 is 3.31. The van der Waals surface area contributed by atoms with E-state index in [1.165, 1.54) is 0 Å². The van der Waals surface area contributed by atoms with Gasteiger partial charge in [0.15, 0.2) is 9.84 Å². The van der Waals surface area contributed by atoms with Gasteiger partial charge >= 0.3 is 0 Å². The van der Waals surface area contributed by atoms with E-state index in [2.05, 4.69) is 15.9 Å². The number of hydrogen-bond donors (Lipinski definition) is 1. The first-order valence-corrected chi connectivity index (χ1v) is 8.58. The van der Waals surface area contributed by atoms with E-state index in [0.717, 1.165) is 15.6 Å². The van der Waals surface area contributed by atoms with Crippen molar-refractivity contribution in [2.24, 2.45) is 0 Å². The van der Waals surface area contributed by atoms with Gasteiger partial charge in [-0.05, 0) is 48.7 Å². The smallest absolute Gasteiger partial charge is 0.182 e.